The van der Waals surface area contributed by atoms with Gasteiger partial charge in [-0.25, -0.2) is 0 Å². The monoisotopic (exact) mass is 849 g/mol. The molecule has 0 saturated carbocycles. The van der Waals surface area contributed by atoms with Crippen molar-refractivity contribution in [1.29, 1.82) is 0 Å². The molecule has 0 heterocycles. The maximum absolute atomic E-state index is 11.9. The molecule has 0 aliphatic heterocycles. The first-order valence-corrected chi connectivity index (χ1v) is 28.1. The van der Waals surface area contributed by atoms with Crippen LogP contribution in [0.3, 0.4) is 0 Å². The summed E-state index contributed by atoms with van der Waals surface area (Å²) in [6.07, 6.45) is 53.0. The fourth-order valence-corrected chi connectivity index (χ4v) is 9.67. The maximum Gasteiger partial charge on any atom is 0.296 e. The zero-order valence-corrected chi connectivity index (χ0v) is 41.7. The van der Waals surface area contributed by atoms with E-state index >= 15 is 0 Å². The molecule has 4 nitrogen and oxygen atoms in total. The van der Waals surface area contributed by atoms with Crippen LogP contribution in [0.15, 0.2) is 35.2 Å². The largest absolute Gasteiger partial charge is 0.324 e. The molecule has 5 heteroatoms. The summed E-state index contributed by atoms with van der Waals surface area (Å²) in [6.45, 7) is 17.8. The highest BCUT2D eigenvalue weighted by atomic mass is 32.2. The highest BCUT2D eigenvalue weighted by Crippen LogP contribution is 2.21. The highest BCUT2D eigenvalue weighted by Gasteiger charge is 2.25. The minimum absolute atomic E-state index is 0.238. The molecule has 1 rings (SSSR count). The van der Waals surface area contributed by atoms with Crippen molar-refractivity contribution >= 4 is 10.1 Å². The lowest BCUT2D eigenvalue weighted by Gasteiger charge is -2.40. The second-order valence-electron chi connectivity index (χ2n) is 18.5. The molecule has 350 valence electrons. The van der Waals surface area contributed by atoms with Crippen LogP contribution in [0.1, 0.15) is 279 Å². The number of nitrogens with zero attached hydrogens (tertiary/aromatic N) is 1. The Labute approximate surface area is 372 Å². The Morgan fingerprint density at radius 1 is 0.339 bits per heavy atom. The molecular formula is C54H106NO3S+. The molecule has 59 heavy (non-hydrogen) atoms. The van der Waals surface area contributed by atoms with Crippen molar-refractivity contribution in [3.8, 4) is 0 Å². The van der Waals surface area contributed by atoms with E-state index in [9.17, 15) is 8.42 Å². The van der Waals surface area contributed by atoms with Gasteiger partial charge >= 0.3 is 0 Å². The van der Waals surface area contributed by atoms with Crippen LogP contribution in [-0.2, 0) is 14.3 Å². The quantitative estimate of drug-likeness (QED) is 0.0373. The van der Waals surface area contributed by atoms with Gasteiger partial charge in [-0.3, -0.25) is 4.18 Å². The molecule has 0 aliphatic carbocycles. The van der Waals surface area contributed by atoms with Crippen molar-refractivity contribution < 1.29 is 17.1 Å². The molecule has 0 unspecified atom stereocenters. The van der Waals surface area contributed by atoms with E-state index in [2.05, 4.69) is 34.6 Å². The zero-order chi connectivity index (χ0) is 43.2. The maximum atomic E-state index is 11.9. The van der Waals surface area contributed by atoms with Gasteiger partial charge in [0.05, 0.1) is 37.7 Å². The number of rotatable bonds is 45. The average Bonchev–Trinajstić information content (AvgIpc) is 3.25. The van der Waals surface area contributed by atoms with E-state index < -0.39 is 10.1 Å². The van der Waals surface area contributed by atoms with Crippen LogP contribution in [0.4, 0.5) is 0 Å². The van der Waals surface area contributed by atoms with Crippen molar-refractivity contribution in [2.75, 3.05) is 32.8 Å². The molecule has 0 radical (unpaired) electrons. The van der Waals surface area contributed by atoms with Gasteiger partial charge in [-0.05, 0) is 69.9 Å². The van der Waals surface area contributed by atoms with Gasteiger partial charge in [-0.2, -0.15) is 8.42 Å². The first-order chi connectivity index (χ1) is 28.9. The lowest BCUT2D eigenvalue weighted by Crippen LogP contribution is -2.50. The minimum Gasteiger partial charge on any atom is -0.324 e. The molecule has 0 aliphatic rings. The first kappa shape index (κ1) is 58.1. The molecule has 1 aromatic carbocycles. The van der Waals surface area contributed by atoms with Crippen LogP contribution in [0, 0.1) is 0 Å². The van der Waals surface area contributed by atoms with Crippen molar-refractivity contribution in [2.24, 2.45) is 0 Å². The Morgan fingerprint density at radius 2 is 0.576 bits per heavy atom. The Bertz CT molecular complexity index is 1000. The van der Waals surface area contributed by atoms with E-state index in [1.165, 1.54) is 262 Å². The van der Waals surface area contributed by atoms with E-state index in [0.717, 1.165) is 12.8 Å². The predicted molar refractivity (Wildman–Crippen MR) is 263 cm³/mol. The van der Waals surface area contributed by atoms with Crippen LogP contribution in [0.5, 0.6) is 0 Å². The van der Waals surface area contributed by atoms with Gasteiger partial charge in [-0.15, -0.1) is 0 Å². The number of hydrogen-bond donors (Lipinski definition) is 0. The third kappa shape index (κ3) is 38.5. The second-order valence-corrected chi connectivity index (χ2v) is 20.1. The van der Waals surface area contributed by atoms with Crippen molar-refractivity contribution in [3.63, 3.8) is 0 Å². The lowest BCUT2D eigenvalue weighted by atomic mass is 10.0. The van der Waals surface area contributed by atoms with Crippen LogP contribution in [0.25, 0.3) is 0 Å². The van der Waals surface area contributed by atoms with Gasteiger partial charge in [0, 0.05) is 0 Å². The first-order valence-electron chi connectivity index (χ1n) is 26.7. The fraction of sp³-hybridized carbons (Fsp3) is 0.889. The van der Waals surface area contributed by atoms with Gasteiger partial charge in [0.1, 0.15) is 0 Å². The van der Waals surface area contributed by atoms with E-state index in [1.807, 2.05) is 0 Å². The minimum atomic E-state index is -3.57. The Balaban J connectivity index is 0.00000129. The van der Waals surface area contributed by atoms with Gasteiger partial charge in [0.25, 0.3) is 10.1 Å². The number of benzene rings is 1. The van der Waals surface area contributed by atoms with E-state index in [1.54, 1.807) is 30.3 Å². The molecule has 0 atom stereocenters. The van der Waals surface area contributed by atoms with Gasteiger partial charge in [0.15, 0.2) is 0 Å². The molecule has 0 spiro atoms. The standard InChI is InChI=1S/C36H76N.C18H30O3S/c1-5-9-13-17-21-22-23-24-28-32-36-37(33-29-25-18-14-10-6-2,34-30-26-19-15-11-7-3)35-31-27-20-16-12-8-4;1-2-3-4-5-6-7-8-9-10-14-17-21-22(19,20)18-15-12-11-13-16-18/h5-36H2,1-4H3;11-13,15-16H,2-10,14,17H2,1H3/q+1;. The van der Waals surface area contributed by atoms with Crippen LogP contribution in [0.2, 0.25) is 0 Å². The predicted octanol–water partition coefficient (Wildman–Crippen LogP) is 18.1. The summed E-state index contributed by atoms with van der Waals surface area (Å²) >= 11 is 0. The normalized spacial score (nSPS) is 11.9. The van der Waals surface area contributed by atoms with E-state index in [-0.39, 0.29) is 11.5 Å². The van der Waals surface area contributed by atoms with Crippen LogP contribution < -0.4 is 0 Å². The average molecular weight is 850 g/mol. The SMILES string of the molecule is CCCCCCCCCCCCOS(=O)(=O)c1ccccc1.CCCCCCCCCCCC[N+](CCCCCCCC)(CCCCCCCC)CCCCCCCC. The molecule has 0 amide bonds. The number of quaternary nitrogens is 1. The van der Waals surface area contributed by atoms with Crippen LogP contribution >= 0.6 is 0 Å². The molecule has 0 fully saturated rings. The Hall–Kier alpha value is -0.910. The lowest BCUT2D eigenvalue weighted by molar-refractivity contribution is -0.929. The van der Waals surface area contributed by atoms with Crippen molar-refractivity contribution in [1.82, 2.24) is 0 Å². The van der Waals surface area contributed by atoms with E-state index in [4.69, 9.17) is 4.18 Å². The summed E-state index contributed by atoms with van der Waals surface area (Å²) in [6, 6.07) is 8.33. The molecule has 0 N–H and O–H groups in total. The summed E-state index contributed by atoms with van der Waals surface area (Å²) in [5.41, 5.74) is 0. The third-order valence-electron chi connectivity index (χ3n) is 12.7. The van der Waals surface area contributed by atoms with Crippen LogP contribution in [-0.4, -0.2) is 45.7 Å². The zero-order valence-electron chi connectivity index (χ0n) is 40.9. The Morgan fingerprint density at radius 3 is 0.847 bits per heavy atom. The summed E-state index contributed by atoms with van der Waals surface area (Å²) in [5, 5.41) is 0. The van der Waals surface area contributed by atoms with Crippen molar-refractivity contribution in [3.05, 3.63) is 30.3 Å². The summed E-state index contributed by atoms with van der Waals surface area (Å²) < 4.78 is 30.3. The summed E-state index contributed by atoms with van der Waals surface area (Å²) in [5.74, 6) is 0. The number of hydrogen-bond acceptors (Lipinski definition) is 3. The smallest absolute Gasteiger partial charge is 0.296 e. The fourth-order valence-electron chi connectivity index (χ4n) is 8.70. The number of unbranched alkanes of at least 4 members (excludes halogenated alkanes) is 33. The topological polar surface area (TPSA) is 43.4 Å². The van der Waals surface area contributed by atoms with Gasteiger partial charge in [-0.1, -0.05) is 239 Å². The molecule has 0 bridgehead atoms. The molecule has 0 saturated heterocycles. The summed E-state index contributed by atoms with van der Waals surface area (Å²) in [4.78, 5) is 0.238. The third-order valence-corrected chi connectivity index (χ3v) is 14.0. The Kier molecular flexibility index (Phi) is 44.4. The van der Waals surface area contributed by atoms with Crippen molar-refractivity contribution in [2.45, 2.75) is 284 Å². The van der Waals surface area contributed by atoms with E-state index in [0.29, 0.717) is 0 Å². The summed E-state index contributed by atoms with van der Waals surface area (Å²) in [7, 11) is -3.57. The molecule has 0 aromatic heterocycles. The molecular weight excluding hydrogens is 743 g/mol. The molecule has 1 aromatic rings. The van der Waals surface area contributed by atoms with Gasteiger partial charge in [0.2, 0.25) is 0 Å². The van der Waals surface area contributed by atoms with Gasteiger partial charge < -0.3 is 4.48 Å². The highest BCUT2D eigenvalue weighted by molar-refractivity contribution is 7.86. The second kappa shape index (κ2) is 45.1.